The number of rotatable bonds is 3. The van der Waals surface area contributed by atoms with Crippen LogP contribution in [0.5, 0.6) is 0 Å². The number of ether oxygens (including phenoxy) is 1. The van der Waals surface area contributed by atoms with Gasteiger partial charge in [-0.15, -0.1) is 11.3 Å². The number of carbonyl (C=O) groups is 1. The van der Waals surface area contributed by atoms with Crippen molar-refractivity contribution in [2.75, 3.05) is 37.7 Å². The summed E-state index contributed by atoms with van der Waals surface area (Å²) in [7, 11) is 0. The number of fused-ring (bicyclic) bond motifs is 1. The average Bonchev–Trinajstić information content (AvgIpc) is 2.99. The van der Waals surface area contributed by atoms with Crippen LogP contribution >= 0.6 is 11.3 Å². The van der Waals surface area contributed by atoms with Gasteiger partial charge >= 0.3 is 0 Å². The van der Waals surface area contributed by atoms with Crippen LogP contribution in [0, 0.1) is 0 Å². The lowest BCUT2D eigenvalue weighted by Crippen LogP contribution is -2.36. The second-order valence-corrected chi connectivity index (χ2v) is 7.34. The minimum atomic E-state index is -0.0759. The maximum atomic E-state index is 12.8. The van der Waals surface area contributed by atoms with Gasteiger partial charge in [0.25, 0.3) is 0 Å². The quantitative estimate of drug-likeness (QED) is 0.842. The Hall–Kier alpha value is -1.99. The van der Waals surface area contributed by atoms with Gasteiger partial charge < -0.3 is 14.5 Å². The van der Waals surface area contributed by atoms with E-state index in [0.717, 1.165) is 38.4 Å². The molecule has 2 aliphatic heterocycles. The van der Waals surface area contributed by atoms with E-state index in [0.29, 0.717) is 19.6 Å². The van der Waals surface area contributed by atoms with Crippen molar-refractivity contribution in [1.29, 1.82) is 0 Å². The molecule has 1 atom stereocenters. The highest BCUT2D eigenvalue weighted by atomic mass is 32.1. The van der Waals surface area contributed by atoms with Gasteiger partial charge in [0, 0.05) is 43.4 Å². The fraction of sp³-hybridized carbons (Fsp3) is 0.500. The number of hydrogen-bond donors (Lipinski definition) is 0. The number of anilines is 1. The third kappa shape index (κ3) is 3.67. The lowest BCUT2D eigenvalue weighted by atomic mass is 10.1. The van der Waals surface area contributed by atoms with E-state index in [2.05, 4.69) is 26.3 Å². The highest BCUT2D eigenvalue weighted by molar-refractivity contribution is 7.10. The summed E-state index contributed by atoms with van der Waals surface area (Å²) >= 11 is 1.70. The van der Waals surface area contributed by atoms with Gasteiger partial charge in [0.15, 0.2) is 0 Å². The summed E-state index contributed by atoms with van der Waals surface area (Å²) in [6.45, 7) is 3.85. The molecule has 7 heteroatoms. The zero-order valence-corrected chi connectivity index (χ0v) is 15.0. The Morgan fingerprint density at radius 1 is 1.24 bits per heavy atom. The molecular formula is C18H22N4O2S. The molecule has 132 valence electrons. The molecule has 0 aliphatic carbocycles. The molecule has 4 heterocycles. The first-order chi connectivity index (χ1) is 12.3. The van der Waals surface area contributed by atoms with Crippen molar-refractivity contribution < 1.29 is 9.53 Å². The molecule has 1 saturated heterocycles. The lowest BCUT2D eigenvalue weighted by molar-refractivity contribution is -0.134. The van der Waals surface area contributed by atoms with Gasteiger partial charge in [0.2, 0.25) is 11.9 Å². The molecule has 0 saturated carbocycles. The molecule has 1 fully saturated rings. The van der Waals surface area contributed by atoms with E-state index >= 15 is 0 Å². The van der Waals surface area contributed by atoms with Gasteiger partial charge in [-0.1, -0.05) is 0 Å². The second kappa shape index (κ2) is 7.49. The monoisotopic (exact) mass is 358 g/mol. The first-order valence-corrected chi connectivity index (χ1v) is 9.67. The largest absolute Gasteiger partial charge is 0.372 e. The van der Waals surface area contributed by atoms with Crippen LogP contribution in [0.1, 0.15) is 29.4 Å². The van der Waals surface area contributed by atoms with E-state index in [1.54, 1.807) is 23.7 Å². The molecule has 2 aromatic rings. The topological polar surface area (TPSA) is 58.6 Å². The molecular weight excluding hydrogens is 336 g/mol. The summed E-state index contributed by atoms with van der Waals surface area (Å²) in [5.41, 5.74) is 1.34. The summed E-state index contributed by atoms with van der Waals surface area (Å²) in [6, 6.07) is 3.98. The number of carbonyl (C=O) groups excluding carboxylic acids is 1. The highest BCUT2D eigenvalue weighted by Crippen LogP contribution is 2.34. The predicted octanol–water partition coefficient (Wildman–Crippen LogP) is 2.28. The Morgan fingerprint density at radius 3 is 3.00 bits per heavy atom. The molecule has 0 bridgehead atoms. The lowest BCUT2D eigenvalue weighted by Gasteiger charge is -2.26. The van der Waals surface area contributed by atoms with Gasteiger partial charge in [0.1, 0.15) is 6.10 Å². The van der Waals surface area contributed by atoms with Crippen LogP contribution in [0.25, 0.3) is 0 Å². The van der Waals surface area contributed by atoms with Crippen molar-refractivity contribution in [3.05, 3.63) is 40.3 Å². The minimum Gasteiger partial charge on any atom is -0.372 e. The standard InChI is InChI=1S/C18H22N4O2S/c23-16(13-15-17-14(3-11-24-15)4-12-25-17)21-7-2-8-22(10-9-21)18-19-5-1-6-20-18/h1,4-6,12,15H,2-3,7-11,13H2. The summed E-state index contributed by atoms with van der Waals surface area (Å²) in [6.07, 6.45) is 5.77. The predicted molar refractivity (Wildman–Crippen MR) is 96.8 cm³/mol. The molecule has 6 nitrogen and oxygen atoms in total. The minimum absolute atomic E-state index is 0.0759. The van der Waals surface area contributed by atoms with Gasteiger partial charge in [0.05, 0.1) is 13.0 Å². The van der Waals surface area contributed by atoms with Crippen molar-refractivity contribution >= 4 is 23.2 Å². The van der Waals surface area contributed by atoms with Crippen LogP contribution < -0.4 is 4.90 Å². The maximum absolute atomic E-state index is 12.8. The molecule has 0 aromatic carbocycles. The molecule has 0 radical (unpaired) electrons. The van der Waals surface area contributed by atoms with Crippen LogP contribution in [-0.4, -0.2) is 53.6 Å². The van der Waals surface area contributed by atoms with E-state index < -0.39 is 0 Å². The average molecular weight is 358 g/mol. The SMILES string of the molecule is O=C(CC1OCCc2ccsc21)N1CCCN(c2ncccn2)CC1. The number of nitrogens with zero attached hydrogens (tertiary/aromatic N) is 4. The van der Waals surface area contributed by atoms with Gasteiger partial charge in [-0.25, -0.2) is 9.97 Å². The van der Waals surface area contributed by atoms with E-state index in [-0.39, 0.29) is 12.0 Å². The molecule has 25 heavy (non-hydrogen) atoms. The van der Waals surface area contributed by atoms with Gasteiger partial charge in [-0.2, -0.15) is 0 Å². The molecule has 1 unspecified atom stereocenters. The highest BCUT2D eigenvalue weighted by Gasteiger charge is 2.28. The van der Waals surface area contributed by atoms with E-state index in [9.17, 15) is 4.79 Å². The molecule has 1 amide bonds. The van der Waals surface area contributed by atoms with Gasteiger partial charge in [-0.05, 0) is 35.9 Å². The summed E-state index contributed by atoms with van der Waals surface area (Å²) in [4.78, 5) is 26.8. The second-order valence-electron chi connectivity index (χ2n) is 6.39. The third-order valence-electron chi connectivity index (χ3n) is 4.81. The first-order valence-electron chi connectivity index (χ1n) is 8.79. The van der Waals surface area contributed by atoms with Crippen molar-refractivity contribution in [3.8, 4) is 0 Å². The van der Waals surface area contributed by atoms with Crippen molar-refractivity contribution in [2.45, 2.75) is 25.4 Å². The smallest absolute Gasteiger partial charge is 0.225 e. The fourth-order valence-corrected chi connectivity index (χ4v) is 4.49. The summed E-state index contributed by atoms with van der Waals surface area (Å²) in [5, 5.41) is 2.10. The molecule has 0 N–H and O–H groups in total. The normalized spacial score (nSPS) is 20.9. The molecule has 4 rings (SSSR count). The zero-order valence-electron chi connectivity index (χ0n) is 14.1. The molecule has 0 spiro atoms. The van der Waals surface area contributed by atoms with E-state index in [1.807, 2.05) is 11.0 Å². The number of thiophene rings is 1. The van der Waals surface area contributed by atoms with E-state index in [1.165, 1.54) is 10.4 Å². The van der Waals surface area contributed by atoms with Crippen LogP contribution in [0.15, 0.2) is 29.9 Å². The van der Waals surface area contributed by atoms with Crippen molar-refractivity contribution in [2.24, 2.45) is 0 Å². The number of hydrogen-bond acceptors (Lipinski definition) is 6. The summed E-state index contributed by atoms with van der Waals surface area (Å²) < 4.78 is 5.88. The van der Waals surface area contributed by atoms with Crippen LogP contribution in [0.2, 0.25) is 0 Å². The zero-order chi connectivity index (χ0) is 17.1. The Labute approximate surface area is 151 Å². The molecule has 2 aliphatic rings. The summed E-state index contributed by atoms with van der Waals surface area (Å²) in [5.74, 6) is 0.928. The Balaban J connectivity index is 1.37. The van der Waals surface area contributed by atoms with Crippen LogP contribution in [0.3, 0.4) is 0 Å². The Morgan fingerprint density at radius 2 is 2.12 bits per heavy atom. The van der Waals surface area contributed by atoms with Crippen LogP contribution in [-0.2, 0) is 16.0 Å². The van der Waals surface area contributed by atoms with Gasteiger partial charge in [-0.3, -0.25) is 4.79 Å². The van der Waals surface area contributed by atoms with E-state index in [4.69, 9.17) is 4.74 Å². The van der Waals surface area contributed by atoms with Crippen molar-refractivity contribution in [3.63, 3.8) is 0 Å². The Kier molecular flexibility index (Phi) is 4.94. The Bertz CT molecular complexity index is 721. The van der Waals surface area contributed by atoms with Crippen LogP contribution in [0.4, 0.5) is 5.95 Å². The maximum Gasteiger partial charge on any atom is 0.225 e. The van der Waals surface area contributed by atoms with Crippen molar-refractivity contribution in [1.82, 2.24) is 14.9 Å². The molecule has 2 aromatic heterocycles. The fourth-order valence-electron chi connectivity index (χ4n) is 3.48. The first kappa shape index (κ1) is 16.5. The third-order valence-corrected chi connectivity index (χ3v) is 5.86. The number of amides is 1. The number of aromatic nitrogens is 2.